The van der Waals surface area contributed by atoms with Crippen molar-refractivity contribution in [2.45, 2.75) is 77.6 Å². The van der Waals surface area contributed by atoms with Gasteiger partial charge in [-0.3, -0.25) is 4.79 Å². The van der Waals surface area contributed by atoms with Gasteiger partial charge in [0.15, 0.2) is 0 Å². The molecule has 0 aromatic heterocycles. The lowest BCUT2D eigenvalue weighted by molar-refractivity contribution is -0.121. The molecule has 2 aliphatic rings. The van der Waals surface area contributed by atoms with Gasteiger partial charge in [-0.15, -0.1) is 0 Å². The highest BCUT2D eigenvalue weighted by atomic mass is 35.5. The Morgan fingerprint density at radius 3 is 2.75 bits per heavy atom. The number of carbonyl (C=O) groups is 1. The fourth-order valence-corrected chi connectivity index (χ4v) is 4.81. The van der Waals surface area contributed by atoms with Crippen molar-refractivity contribution < 1.29 is 9.53 Å². The van der Waals surface area contributed by atoms with Gasteiger partial charge in [0.25, 0.3) is 0 Å². The zero-order valence-electron chi connectivity index (χ0n) is 17.0. The molecule has 1 aromatic carbocycles. The molecule has 3 rings (SSSR count). The summed E-state index contributed by atoms with van der Waals surface area (Å²) in [6, 6.07) is 5.57. The molecule has 0 spiro atoms. The lowest BCUT2D eigenvalue weighted by Gasteiger charge is -2.33. The largest absolute Gasteiger partial charge is 0.493 e. The fourth-order valence-electron chi connectivity index (χ4n) is 4.59. The quantitative estimate of drug-likeness (QED) is 0.444. The Bertz CT molecular complexity index is 683. The molecule has 2 aliphatic carbocycles. The van der Waals surface area contributed by atoms with Crippen LogP contribution in [0, 0.1) is 18.8 Å². The minimum Gasteiger partial charge on any atom is -0.493 e. The molecule has 0 unspecified atom stereocenters. The van der Waals surface area contributed by atoms with E-state index in [4.69, 9.17) is 16.3 Å². The number of aryl methyl sites for hydroxylation is 1. The average molecular weight is 405 g/mol. The third-order valence-electron chi connectivity index (χ3n) is 6.11. The molecule has 2 fully saturated rings. The van der Waals surface area contributed by atoms with E-state index in [9.17, 15) is 4.79 Å². The highest BCUT2D eigenvalue weighted by molar-refractivity contribution is 6.30. The van der Waals surface area contributed by atoms with Crippen LogP contribution in [0.4, 0.5) is 0 Å². The van der Waals surface area contributed by atoms with Crippen LogP contribution in [0.1, 0.15) is 76.2 Å². The zero-order valence-corrected chi connectivity index (χ0v) is 17.8. The molecule has 5 heteroatoms. The van der Waals surface area contributed by atoms with Gasteiger partial charge in [0.05, 0.1) is 6.61 Å². The number of amides is 1. The van der Waals surface area contributed by atoms with E-state index in [0.29, 0.717) is 30.4 Å². The minimum absolute atomic E-state index is 0.0168. The Morgan fingerprint density at radius 1 is 1.18 bits per heavy atom. The molecule has 28 heavy (non-hydrogen) atoms. The number of nitrogens with one attached hydrogen (secondary N) is 1. The first-order valence-corrected chi connectivity index (χ1v) is 11.3. The van der Waals surface area contributed by atoms with Gasteiger partial charge >= 0.3 is 0 Å². The standard InChI is InChI=1S/C23H33ClN2O2/c1-17-16-19(24)13-14-22(17)28-15-7-12-23(27)26-25-21-11-6-5-10-20(21)18-8-3-2-4-9-18/h13-14,16,18,20H,2-12,15H2,1H3,(H,26,27)/b25-21-/t20-/m1/s1. The summed E-state index contributed by atoms with van der Waals surface area (Å²) in [4.78, 5) is 12.2. The second-order valence-corrected chi connectivity index (χ2v) is 8.69. The molecule has 0 bridgehead atoms. The van der Waals surface area contributed by atoms with Gasteiger partial charge in [0, 0.05) is 23.1 Å². The molecule has 0 aliphatic heterocycles. The summed E-state index contributed by atoms with van der Waals surface area (Å²) in [7, 11) is 0. The van der Waals surface area contributed by atoms with Crippen LogP contribution in [-0.4, -0.2) is 18.2 Å². The van der Waals surface area contributed by atoms with Gasteiger partial charge in [-0.2, -0.15) is 5.10 Å². The Hall–Kier alpha value is -1.55. The Labute approximate surface area is 174 Å². The molecule has 0 heterocycles. The first-order chi connectivity index (χ1) is 13.6. The van der Waals surface area contributed by atoms with Crippen molar-refractivity contribution in [3.63, 3.8) is 0 Å². The third-order valence-corrected chi connectivity index (χ3v) is 6.35. The number of hydrazone groups is 1. The maximum Gasteiger partial charge on any atom is 0.240 e. The van der Waals surface area contributed by atoms with E-state index in [1.54, 1.807) is 0 Å². The van der Waals surface area contributed by atoms with Crippen molar-refractivity contribution >= 4 is 23.2 Å². The van der Waals surface area contributed by atoms with E-state index in [2.05, 4.69) is 10.5 Å². The Morgan fingerprint density at radius 2 is 1.96 bits per heavy atom. The summed E-state index contributed by atoms with van der Waals surface area (Å²) in [5, 5.41) is 5.27. The fraction of sp³-hybridized carbons (Fsp3) is 0.652. The molecule has 154 valence electrons. The van der Waals surface area contributed by atoms with E-state index in [1.807, 2.05) is 25.1 Å². The molecule has 1 N–H and O–H groups in total. The molecule has 1 amide bonds. The normalized spacial score (nSPS) is 22.2. The average Bonchev–Trinajstić information content (AvgIpc) is 2.72. The second kappa shape index (κ2) is 10.8. The van der Waals surface area contributed by atoms with Crippen molar-refractivity contribution in [2.24, 2.45) is 16.9 Å². The summed E-state index contributed by atoms with van der Waals surface area (Å²) in [6.07, 6.45) is 12.6. The van der Waals surface area contributed by atoms with E-state index >= 15 is 0 Å². The number of nitrogens with zero attached hydrogens (tertiary/aromatic N) is 1. The highest BCUT2D eigenvalue weighted by Gasteiger charge is 2.29. The number of ether oxygens (including phenoxy) is 1. The number of hydrogen-bond acceptors (Lipinski definition) is 3. The second-order valence-electron chi connectivity index (χ2n) is 8.25. The summed E-state index contributed by atoms with van der Waals surface area (Å²) in [6.45, 7) is 2.48. The molecular formula is C23H33ClN2O2. The van der Waals surface area contributed by atoms with Crippen molar-refractivity contribution in [1.82, 2.24) is 5.43 Å². The van der Waals surface area contributed by atoms with Crippen molar-refractivity contribution in [1.29, 1.82) is 0 Å². The predicted octanol–water partition coefficient (Wildman–Crippen LogP) is 6.05. The summed E-state index contributed by atoms with van der Waals surface area (Å²) in [5.41, 5.74) is 5.06. The molecule has 1 aromatic rings. The Kier molecular flexibility index (Phi) is 8.20. The maximum absolute atomic E-state index is 12.2. The lowest BCUT2D eigenvalue weighted by atomic mass is 9.72. The van der Waals surface area contributed by atoms with Crippen LogP contribution in [0.5, 0.6) is 5.75 Å². The lowest BCUT2D eigenvalue weighted by Crippen LogP contribution is -2.31. The van der Waals surface area contributed by atoms with Gasteiger partial charge in [-0.1, -0.05) is 37.3 Å². The number of rotatable bonds is 7. The van der Waals surface area contributed by atoms with Crippen LogP contribution < -0.4 is 10.2 Å². The van der Waals surface area contributed by atoms with Crippen LogP contribution in [-0.2, 0) is 4.79 Å². The van der Waals surface area contributed by atoms with Crippen LogP contribution in [0.2, 0.25) is 5.02 Å². The van der Waals surface area contributed by atoms with Crippen LogP contribution in [0.15, 0.2) is 23.3 Å². The monoisotopic (exact) mass is 404 g/mol. The van der Waals surface area contributed by atoms with Crippen molar-refractivity contribution in [2.75, 3.05) is 6.61 Å². The summed E-state index contributed by atoms with van der Waals surface area (Å²) < 4.78 is 5.76. The summed E-state index contributed by atoms with van der Waals surface area (Å²) in [5.74, 6) is 2.17. The maximum atomic E-state index is 12.2. The number of carbonyl (C=O) groups excluding carboxylic acids is 1. The third kappa shape index (κ3) is 6.23. The topological polar surface area (TPSA) is 50.7 Å². The Balaban J connectivity index is 1.42. The first kappa shape index (κ1) is 21.2. The number of hydrogen-bond donors (Lipinski definition) is 1. The molecule has 0 saturated heterocycles. The van der Waals surface area contributed by atoms with E-state index in [1.165, 1.54) is 57.1 Å². The number of benzene rings is 1. The molecular weight excluding hydrogens is 372 g/mol. The molecule has 4 nitrogen and oxygen atoms in total. The van der Waals surface area contributed by atoms with Crippen LogP contribution >= 0.6 is 11.6 Å². The van der Waals surface area contributed by atoms with Crippen LogP contribution in [0.25, 0.3) is 0 Å². The van der Waals surface area contributed by atoms with E-state index in [0.717, 1.165) is 23.7 Å². The van der Waals surface area contributed by atoms with E-state index in [-0.39, 0.29) is 5.91 Å². The predicted molar refractivity (Wildman–Crippen MR) is 115 cm³/mol. The van der Waals surface area contributed by atoms with Crippen LogP contribution in [0.3, 0.4) is 0 Å². The van der Waals surface area contributed by atoms with Gasteiger partial charge in [0.1, 0.15) is 5.75 Å². The number of halogens is 1. The van der Waals surface area contributed by atoms with Gasteiger partial charge < -0.3 is 4.74 Å². The van der Waals surface area contributed by atoms with Gasteiger partial charge in [-0.25, -0.2) is 5.43 Å². The first-order valence-electron chi connectivity index (χ1n) is 10.9. The smallest absolute Gasteiger partial charge is 0.240 e. The highest BCUT2D eigenvalue weighted by Crippen LogP contribution is 2.36. The van der Waals surface area contributed by atoms with Gasteiger partial charge in [0.2, 0.25) is 5.91 Å². The van der Waals surface area contributed by atoms with Crippen molar-refractivity contribution in [3.05, 3.63) is 28.8 Å². The minimum atomic E-state index is -0.0168. The molecule has 2 saturated carbocycles. The van der Waals surface area contributed by atoms with Gasteiger partial charge in [-0.05, 0) is 75.1 Å². The summed E-state index contributed by atoms with van der Waals surface area (Å²) >= 11 is 5.96. The van der Waals surface area contributed by atoms with E-state index < -0.39 is 0 Å². The van der Waals surface area contributed by atoms with Crippen molar-refractivity contribution in [3.8, 4) is 5.75 Å². The SMILES string of the molecule is Cc1cc(Cl)ccc1OCCCC(=O)N/N=C1/CCCC[C@@H]1C1CCCCC1. The molecule has 1 atom stereocenters. The zero-order chi connectivity index (χ0) is 19.8. The molecule has 0 radical (unpaired) electrons.